The normalized spacial score (nSPS) is 18.5. The molecule has 3 heteroatoms. The zero-order chi connectivity index (χ0) is 13.1. The highest BCUT2D eigenvalue weighted by atomic mass is 15.2. The van der Waals surface area contributed by atoms with Crippen LogP contribution in [0.2, 0.25) is 0 Å². The van der Waals surface area contributed by atoms with Crippen molar-refractivity contribution in [1.29, 1.82) is 0 Å². The molecule has 3 rings (SSSR count). The molecule has 0 spiro atoms. The van der Waals surface area contributed by atoms with Crippen LogP contribution in [-0.2, 0) is 0 Å². The van der Waals surface area contributed by atoms with E-state index in [1.807, 2.05) is 31.4 Å². The Morgan fingerprint density at radius 2 is 2.00 bits per heavy atom. The van der Waals surface area contributed by atoms with E-state index in [4.69, 9.17) is 0 Å². The van der Waals surface area contributed by atoms with E-state index in [1.165, 1.54) is 18.4 Å². The van der Waals surface area contributed by atoms with E-state index in [0.717, 1.165) is 18.1 Å². The van der Waals surface area contributed by atoms with Crippen LogP contribution in [0.25, 0.3) is 0 Å². The highest BCUT2D eigenvalue weighted by molar-refractivity contribution is 5.58. The maximum absolute atomic E-state index is 4.59. The van der Waals surface area contributed by atoms with E-state index in [1.54, 1.807) is 0 Å². The molecule has 1 aromatic carbocycles. The van der Waals surface area contributed by atoms with Gasteiger partial charge in [0.1, 0.15) is 5.82 Å². The van der Waals surface area contributed by atoms with E-state index in [2.05, 4.69) is 39.5 Å². The Labute approximate surface area is 114 Å². The first-order chi connectivity index (χ1) is 9.34. The highest BCUT2D eigenvalue weighted by Crippen LogP contribution is 2.25. The lowest BCUT2D eigenvalue weighted by molar-refractivity contribution is 0.645. The van der Waals surface area contributed by atoms with E-state index in [9.17, 15) is 0 Å². The van der Waals surface area contributed by atoms with Crippen molar-refractivity contribution in [3.63, 3.8) is 0 Å². The lowest BCUT2D eigenvalue weighted by Gasteiger charge is -2.19. The minimum atomic E-state index is 0.489. The van der Waals surface area contributed by atoms with Gasteiger partial charge in [-0.1, -0.05) is 24.3 Å². The average molecular weight is 253 g/mol. The fourth-order valence-electron chi connectivity index (χ4n) is 2.55. The van der Waals surface area contributed by atoms with Crippen molar-refractivity contribution in [2.45, 2.75) is 18.9 Å². The third-order valence-electron chi connectivity index (χ3n) is 3.72. The molecule has 0 bridgehead atoms. The van der Waals surface area contributed by atoms with E-state index in [-0.39, 0.29) is 0 Å². The zero-order valence-electron chi connectivity index (χ0n) is 11.2. The first kappa shape index (κ1) is 12.2. The van der Waals surface area contributed by atoms with Crippen LogP contribution in [0.5, 0.6) is 0 Å². The largest absolute Gasteiger partial charge is 0.329 e. The molecule has 98 valence electrons. The zero-order valence-corrected chi connectivity index (χ0v) is 11.2. The third-order valence-corrected chi connectivity index (χ3v) is 3.72. The van der Waals surface area contributed by atoms with E-state index >= 15 is 0 Å². The molecule has 1 N–H and O–H groups in total. The number of hydrogen-bond donors (Lipinski definition) is 1. The Balaban J connectivity index is 1.78. The van der Waals surface area contributed by atoms with Crippen LogP contribution in [0.15, 0.2) is 48.7 Å². The summed E-state index contributed by atoms with van der Waals surface area (Å²) in [5, 5.41) is 3.50. The molecule has 19 heavy (non-hydrogen) atoms. The predicted molar refractivity (Wildman–Crippen MR) is 78.7 cm³/mol. The van der Waals surface area contributed by atoms with Gasteiger partial charge in [0, 0.05) is 25.0 Å². The van der Waals surface area contributed by atoms with Crippen LogP contribution in [0, 0.1) is 0 Å². The van der Waals surface area contributed by atoms with Crippen LogP contribution < -0.4 is 10.2 Å². The van der Waals surface area contributed by atoms with Gasteiger partial charge in [0.05, 0.1) is 0 Å². The smallest absolute Gasteiger partial charge is 0.132 e. The fraction of sp³-hybridized carbons (Fsp3) is 0.312. The Kier molecular flexibility index (Phi) is 3.47. The van der Waals surface area contributed by atoms with Gasteiger partial charge in [0.2, 0.25) is 0 Å². The average Bonchev–Trinajstić information content (AvgIpc) is 3.02. The standard InChI is InChI=1S/C16H19N3/c1-19(14-6-3-2-4-7-14)16-10-9-13(12-18-16)15-8-5-11-17-15/h2-4,6-7,9-10,12,15,17H,5,8,11H2,1H3. The maximum atomic E-state index is 4.59. The Hall–Kier alpha value is -1.87. The van der Waals surface area contributed by atoms with Gasteiger partial charge >= 0.3 is 0 Å². The van der Waals surface area contributed by atoms with Gasteiger partial charge in [-0.2, -0.15) is 0 Å². The van der Waals surface area contributed by atoms with E-state index in [0.29, 0.717) is 6.04 Å². The molecule has 1 saturated heterocycles. The lowest BCUT2D eigenvalue weighted by atomic mass is 10.1. The topological polar surface area (TPSA) is 28.2 Å². The second-order valence-electron chi connectivity index (χ2n) is 4.99. The number of benzene rings is 1. The first-order valence-electron chi connectivity index (χ1n) is 6.83. The third kappa shape index (κ3) is 2.61. The number of rotatable bonds is 3. The Morgan fingerprint density at radius 3 is 2.63 bits per heavy atom. The number of anilines is 2. The van der Waals surface area contributed by atoms with Crippen molar-refractivity contribution in [2.75, 3.05) is 18.5 Å². The summed E-state index contributed by atoms with van der Waals surface area (Å²) in [6.07, 6.45) is 4.48. The van der Waals surface area contributed by atoms with Crippen LogP contribution >= 0.6 is 0 Å². The first-order valence-corrected chi connectivity index (χ1v) is 6.83. The molecule has 1 atom stereocenters. The van der Waals surface area contributed by atoms with Crippen molar-refractivity contribution in [1.82, 2.24) is 10.3 Å². The summed E-state index contributed by atoms with van der Waals surface area (Å²) in [4.78, 5) is 6.69. The molecule has 3 nitrogen and oxygen atoms in total. The number of hydrogen-bond acceptors (Lipinski definition) is 3. The summed E-state index contributed by atoms with van der Waals surface area (Å²) in [6.45, 7) is 1.12. The molecule has 1 aromatic heterocycles. The van der Waals surface area contributed by atoms with Gasteiger partial charge in [0.25, 0.3) is 0 Å². The summed E-state index contributed by atoms with van der Waals surface area (Å²) in [5.41, 5.74) is 2.45. The van der Waals surface area contributed by atoms with Gasteiger partial charge < -0.3 is 10.2 Å². The van der Waals surface area contributed by atoms with Crippen LogP contribution in [0.3, 0.4) is 0 Å². The summed E-state index contributed by atoms with van der Waals surface area (Å²) < 4.78 is 0. The molecule has 2 aromatic rings. The molecule has 0 radical (unpaired) electrons. The van der Waals surface area contributed by atoms with Gasteiger partial charge in [-0.25, -0.2) is 4.98 Å². The molecular formula is C16H19N3. The Morgan fingerprint density at radius 1 is 1.16 bits per heavy atom. The minimum absolute atomic E-state index is 0.489. The summed E-state index contributed by atoms with van der Waals surface area (Å²) in [5.74, 6) is 0.980. The molecular weight excluding hydrogens is 234 g/mol. The fourth-order valence-corrected chi connectivity index (χ4v) is 2.55. The molecule has 0 saturated carbocycles. The van der Waals surface area contributed by atoms with Crippen molar-refractivity contribution in [3.05, 3.63) is 54.2 Å². The van der Waals surface area contributed by atoms with Gasteiger partial charge in [-0.3, -0.25) is 0 Å². The molecule has 0 amide bonds. The quantitative estimate of drug-likeness (QED) is 0.910. The van der Waals surface area contributed by atoms with Crippen molar-refractivity contribution >= 4 is 11.5 Å². The molecule has 1 unspecified atom stereocenters. The van der Waals surface area contributed by atoms with Crippen LogP contribution in [0.1, 0.15) is 24.4 Å². The molecule has 0 aliphatic carbocycles. The number of nitrogens with one attached hydrogen (secondary N) is 1. The van der Waals surface area contributed by atoms with Gasteiger partial charge in [0.15, 0.2) is 0 Å². The van der Waals surface area contributed by atoms with Crippen molar-refractivity contribution < 1.29 is 0 Å². The van der Waals surface area contributed by atoms with Crippen molar-refractivity contribution in [3.8, 4) is 0 Å². The van der Waals surface area contributed by atoms with Gasteiger partial charge in [-0.15, -0.1) is 0 Å². The SMILES string of the molecule is CN(c1ccccc1)c1ccc(C2CCCN2)cn1. The second kappa shape index (κ2) is 5.41. The molecule has 1 fully saturated rings. The van der Waals surface area contributed by atoms with Crippen LogP contribution in [-0.4, -0.2) is 18.6 Å². The number of nitrogens with zero attached hydrogens (tertiary/aromatic N) is 2. The molecule has 1 aliphatic heterocycles. The predicted octanol–water partition coefficient (Wildman–Crippen LogP) is 3.27. The maximum Gasteiger partial charge on any atom is 0.132 e. The number of pyridine rings is 1. The summed E-state index contributed by atoms with van der Waals surface area (Å²) in [7, 11) is 2.05. The highest BCUT2D eigenvalue weighted by Gasteiger charge is 2.16. The number of aromatic nitrogens is 1. The Bertz CT molecular complexity index is 515. The lowest BCUT2D eigenvalue weighted by Crippen LogP contribution is -2.14. The van der Waals surface area contributed by atoms with Crippen molar-refractivity contribution in [2.24, 2.45) is 0 Å². The second-order valence-corrected chi connectivity index (χ2v) is 4.99. The molecule has 1 aliphatic rings. The summed E-state index contributed by atoms with van der Waals surface area (Å²) >= 11 is 0. The van der Waals surface area contributed by atoms with Gasteiger partial charge in [-0.05, 0) is 43.1 Å². The number of para-hydroxylation sites is 1. The van der Waals surface area contributed by atoms with Crippen LogP contribution in [0.4, 0.5) is 11.5 Å². The minimum Gasteiger partial charge on any atom is -0.329 e. The monoisotopic (exact) mass is 253 g/mol. The molecule has 2 heterocycles. The van der Waals surface area contributed by atoms with E-state index < -0.39 is 0 Å². The summed E-state index contributed by atoms with van der Waals surface area (Å²) in [6, 6.07) is 15.1.